The van der Waals surface area contributed by atoms with Crippen LogP contribution >= 0.6 is 0 Å². The lowest BCUT2D eigenvalue weighted by atomic mass is 9.74. The second-order valence-electron chi connectivity index (χ2n) is 9.07. The number of rotatable bonds is 8. The Morgan fingerprint density at radius 1 is 1.00 bits per heavy atom. The van der Waals surface area contributed by atoms with Gasteiger partial charge in [0.1, 0.15) is 18.1 Å². The van der Waals surface area contributed by atoms with E-state index in [2.05, 4.69) is 9.89 Å². The number of ether oxygens (including phenoxy) is 2. The molecule has 4 rings (SSSR count). The molecule has 0 aromatic heterocycles. The minimum Gasteiger partial charge on any atom is -0.468 e. The van der Waals surface area contributed by atoms with Gasteiger partial charge >= 0.3 is 11.9 Å². The summed E-state index contributed by atoms with van der Waals surface area (Å²) in [5, 5.41) is 23.9. The van der Waals surface area contributed by atoms with E-state index in [9.17, 15) is 29.8 Å². The first kappa shape index (κ1) is 26.6. The summed E-state index contributed by atoms with van der Waals surface area (Å²) >= 11 is 0. The molecule has 12 nitrogen and oxygen atoms in total. The molecule has 0 spiro atoms. The number of nitro groups is 2. The van der Waals surface area contributed by atoms with Crippen molar-refractivity contribution < 1.29 is 28.9 Å². The SMILES string of the molecule is COC(=O)C1C(C)=NC(C)=C(C(=O)OCCN2Cc3ccccc3C2)C1c1c([N+](=O)[O-])cccc1[N+](=O)[O-]. The van der Waals surface area contributed by atoms with Crippen LogP contribution < -0.4 is 0 Å². The quantitative estimate of drug-likeness (QED) is 0.287. The Bertz CT molecular complexity index is 1330. The lowest BCUT2D eigenvalue weighted by Crippen LogP contribution is -2.37. The van der Waals surface area contributed by atoms with Gasteiger partial charge in [0.05, 0.1) is 28.4 Å². The molecule has 2 unspecified atom stereocenters. The molecule has 0 bridgehead atoms. The number of nitro benzene ring substituents is 2. The lowest BCUT2D eigenvalue weighted by Gasteiger charge is -2.30. The summed E-state index contributed by atoms with van der Waals surface area (Å²) in [6, 6.07) is 11.4. The van der Waals surface area contributed by atoms with E-state index in [-0.39, 0.29) is 29.2 Å². The fourth-order valence-corrected chi connectivity index (χ4v) is 5.13. The molecule has 198 valence electrons. The highest BCUT2D eigenvalue weighted by Gasteiger charge is 2.48. The Morgan fingerprint density at radius 2 is 1.58 bits per heavy atom. The third-order valence-corrected chi connectivity index (χ3v) is 6.81. The first-order valence-electron chi connectivity index (χ1n) is 11.9. The van der Waals surface area contributed by atoms with Crippen LogP contribution in [0.1, 0.15) is 36.5 Å². The van der Waals surface area contributed by atoms with E-state index in [0.717, 1.165) is 19.2 Å². The molecule has 38 heavy (non-hydrogen) atoms. The van der Waals surface area contributed by atoms with Crippen LogP contribution in [-0.4, -0.2) is 52.7 Å². The van der Waals surface area contributed by atoms with Crippen LogP contribution in [0.15, 0.2) is 58.7 Å². The number of hydrogen-bond donors (Lipinski definition) is 0. The number of fused-ring (bicyclic) bond motifs is 1. The molecule has 0 saturated heterocycles. The monoisotopic (exact) mass is 522 g/mol. The largest absolute Gasteiger partial charge is 0.468 e. The van der Waals surface area contributed by atoms with Crippen molar-refractivity contribution >= 4 is 29.0 Å². The van der Waals surface area contributed by atoms with Gasteiger partial charge in [-0.15, -0.1) is 0 Å². The second-order valence-corrected chi connectivity index (χ2v) is 9.07. The van der Waals surface area contributed by atoms with Gasteiger partial charge in [0.2, 0.25) is 0 Å². The summed E-state index contributed by atoms with van der Waals surface area (Å²) in [7, 11) is 1.12. The van der Waals surface area contributed by atoms with Gasteiger partial charge in [-0.25, -0.2) is 4.79 Å². The average molecular weight is 523 g/mol. The molecular formula is C26H26N4O8. The third-order valence-electron chi connectivity index (χ3n) is 6.81. The fraction of sp³-hybridized carbons (Fsp3) is 0.346. The predicted molar refractivity (Wildman–Crippen MR) is 135 cm³/mol. The van der Waals surface area contributed by atoms with Crippen molar-refractivity contribution in [1.29, 1.82) is 0 Å². The minimum atomic E-state index is -1.41. The maximum Gasteiger partial charge on any atom is 0.336 e. The van der Waals surface area contributed by atoms with E-state index in [1.54, 1.807) is 0 Å². The molecule has 2 heterocycles. The number of nitrogens with zero attached hydrogens (tertiary/aromatic N) is 4. The Hall–Kier alpha value is -4.45. The number of allylic oxidation sites excluding steroid dienone is 1. The first-order valence-corrected chi connectivity index (χ1v) is 11.9. The topological polar surface area (TPSA) is 154 Å². The van der Waals surface area contributed by atoms with Gasteiger partial charge in [-0.05, 0) is 31.0 Å². The number of carbonyl (C=O) groups is 2. The zero-order valence-electron chi connectivity index (χ0n) is 21.1. The van der Waals surface area contributed by atoms with Crippen molar-refractivity contribution in [3.8, 4) is 0 Å². The summed E-state index contributed by atoms with van der Waals surface area (Å²) in [6.45, 7) is 4.83. The molecule has 0 aliphatic carbocycles. The highest BCUT2D eigenvalue weighted by molar-refractivity contribution is 6.07. The standard InChI is InChI=1S/C26H26N4O8/c1-15-21(25(31)37-3)24(23-19(29(33)34)9-6-10-20(23)30(35)36)22(16(2)27-15)26(32)38-12-11-28-13-17-7-4-5-8-18(17)14-28/h4-10,21,24H,11-14H2,1-3H3. The Labute approximate surface area is 217 Å². The Balaban J connectivity index is 1.69. The van der Waals surface area contributed by atoms with Crippen molar-refractivity contribution in [2.75, 3.05) is 20.3 Å². The van der Waals surface area contributed by atoms with Gasteiger partial charge < -0.3 is 9.47 Å². The maximum atomic E-state index is 13.5. The highest BCUT2D eigenvalue weighted by Crippen LogP contribution is 2.46. The molecule has 2 aromatic rings. The number of carbonyl (C=O) groups excluding carboxylic acids is 2. The van der Waals surface area contributed by atoms with Gasteiger partial charge in [-0.3, -0.25) is 34.9 Å². The molecule has 0 N–H and O–H groups in total. The average Bonchev–Trinajstić information content (AvgIpc) is 3.30. The van der Waals surface area contributed by atoms with Crippen LogP contribution in [0.2, 0.25) is 0 Å². The van der Waals surface area contributed by atoms with Crippen molar-refractivity contribution in [1.82, 2.24) is 4.90 Å². The van der Waals surface area contributed by atoms with Gasteiger partial charge in [0, 0.05) is 43.2 Å². The maximum absolute atomic E-state index is 13.5. The molecule has 0 amide bonds. The molecular weight excluding hydrogens is 496 g/mol. The van der Waals surface area contributed by atoms with E-state index in [4.69, 9.17) is 9.47 Å². The van der Waals surface area contributed by atoms with Crippen LogP contribution in [0, 0.1) is 26.1 Å². The summed E-state index contributed by atoms with van der Waals surface area (Å²) in [6.07, 6.45) is 0. The van der Waals surface area contributed by atoms with Crippen LogP contribution in [0.5, 0.6) is 0 Å². The van der Waals surface area contributed by atoms with Crippen molar-refractivity contribution in [3.63, 3.8) is 0 Å². The lowest BCUT2D eigenvalue weighted by molar-refractivity contribution is -0.395. The molecule has 12 heteroatoms. The Kier molecular flexibility index (Phi) is 7.62. The molecule has 0 saturated carbocycles. The fourth-order valence-electron chi connectivity index (χ4n) is 5.13. The zero-order chi connectivity index (χ0) is 27.6. The van der Waals surface area contributed by atoms with E-state index in [0.29, 0.717) is 19.6 Å². The predicted octanol–water partition coefficient (Wildman–Crippen LogP) is 3.68. The van der Waals surface area contributed by atoms with Crippen molar-refractivity contribution in [3.05, 3.63) is 90.7 Å². The molecule has 2 aliphatic heterocycles. The Morgan fingerprint density at radius 3 is 2.11 bits per heavy atom. The number of hydrogen-bond acceptors (Lipinski definition) is 10. The van der Waals surface area contributed by atoms with E-state index >= 15 is 0 Å². The second kappa shape index (κ2) is 10.9. The van der Waals surface area contributed by atoms with Crippen LogP contribution in [0.25, 0.3) is 0 Å². The minimum absolute atomic E-state index is 0.000878. The van der Waals surface area contributed by atoms with Gasteiger partial charge in [-0.2, -0.15) is 0 Å². The smallest absolute Gasteiger partial charge is 0.336 e. The van der Waals surface area contributed by atoms with E-state index in [1.807, 2.05) is 24.3 Å². The van der Waals surface area contributed by atoms with Crippen molar-refractivity contribution in [2.45, 2.75) is 32.9 Å². The molecule has 0 fully saturated rings. The first-order chi connectivity index (χ1) is 18.1. The molecule has 0 radical (unpaired) electrons. The molecule has 2 aromatic carbocycles. The van der Waals surface area contributed by atoms with Crippen LogP contribution in [0.4, 0.5) is 11.4 Å². The zero-order valence-corrected chi connectivity index (χ0v) is 21.1. The number of benzene rings is 2. The number of methoxy groups -OCH3 is 1. The van der Waals surface area contributed by atoms with Gasteiger partial charge in [0.25, 0.3) is 11.4 Å². The summed E-state index contributed by atoms with van der Waals surface area (Å²) in [5.74, 6) is -4.41. The summed E-state index contributed by atoms with van der Waals surface area (Å²) < 4.78 is 10.5. The normalized spacial score (nSPS) is 19.0. The van der Waals surface area contributed by atoms with Gasteiger partial charge in [-0.1, -0.05) is 24.3 Å². The number of esters is 2. The van der Waals surface area contributed by atoms with E-state index in [1.165, 1.54) is 31.0 Å². The highest BCUT2D eigenvalue weighted by atomic mass is 16.6. The van der Waals surface area contributed by atoms with Crippen LogP contribution in [0.3, 0.4) is 0 Å². The summed E-state index contributed by atoms with van der Waals surface area (Å²) in [5.41, 5.74) is 1.01. The van der Waals surface area contributed by atoms with Crippen LogP contribution in [-0.2, 0) is 32.2 Å². The van der Waals surface area contributed by atoms with E-state index < -0.39 is 45.0 Å². The number of aliphatic imine (C=N–C) groups is 1. The third kappa shape index (κ3) is 5.02. The van der Waals surface area contributed by atoms with Crippen molar-refractivity contribution in [2.24, 2.45) is 10.9 Å². The molecule has 2 aliphatic rings. The summed E-state index contributed by atoms with van der Waals surface area (Å²) in [4.78, 5) is 55.1. The van der Waals surface area contributed by atoms with Gasteiger partial charge in [0.15, 0.2) is 0 Å². The molecule has 2 atom stereocenters.